The van der Waals surface area contributed by atoms with Crippen LogP contribution >= 0.6 is 11.6 Å². The maximum absolute atomic E-state index is 11.2. The maximum Gasteiger partial charge on any atom is 0.312 e. The van der Waals surface area contributed by atoms with Crippen molar-refractivity contribution in [3.8, 4) is 0 Å². The number of aliphatic carboxylic acids is 1. The molecule has 1 unspecified atom stereocenters. The van der Waals surface area contributed by atoms with Gasteiger partial charge in [0.1, 0.15) is 0 Å². The van der Waals surface area contributed by atoms with Crippen LogP contribution in [-0.2, 0) is 4.79 Å². The molecule has 96 valence electrons. The molecule has 0 amide bonds. The van der Waals surface area contributed by atoms with Crippen LogP contribution in [0, 0.1) is 0 Å². The first kappa shape index (κ1) is 13.0. The van der Waals surface area contributed by atoms with Gasteiger partial charge in [-0.25, -0.2) is 0 Å². The van der Waals surface area contributed by atoms with E-state index in [2.05, 4.69) is 4.57 Å². The molecule has 4 heteroatoms. The van der Waals surface area contributed by atoms with E-state index in [1.807, 2.05) is 38.1 Å². The van der Waals surface area contributed by atoms with E-state index >= 15 is 0 Å². The van der Waals surface area contributed by atoms with Gasteiger partial charge in [0.25, 0.3) is 0 Å². The summed E-state index contributed by atoms with van der Waals surface area (Å²) in [6, 6.07) is 7.77. The van der Waals surface area contributed by atoms with Crippen LogP contribution in [0.5, 0.6) is 0 Å². The molecule has 0 saturated heterocycles. The smallest absolute Gasteiger partial charge is 0.312 e. The van der Waals surface area contributed by atoms with Gasteiger partial charge in [-0.05, 0) is 45.0 Å². The van der Waals surface area contributed by atoms with Gasteiger partial charge in [-0.3, -0.25) is 4.79 Å². The van der Waals surface area contributed by atoms with Crippen LogP contribution in [0.15, 0.2) is 24.3 Å². The summed E-state index contributed by atoms with van der Waals surface area (Å²) in [5.41, 5.74) is 1.84. The molecule has 0 saturated carbocycles. The van der Waals surface area contributed by atoms with E-state index < -0.39 is 11.9 Å². The molecule has 0 spiro atoms. The molecule has 1 heterocycles. The van der Waals surface area contributed by atoms with Gasteiger partial charge in [0.05, 0.1) is 5.92 Å². The quantitative estimate of drug-likeness (QED) is 0.909. The number of aromatic nitrogens is 1. The first-order valence-corrected chi connectivity index (χ1v) is 6.32. The van der Waals surface area contributed by atoms with Crippen LogP contribution < -0.4 is 0 Å². The first-order chi connectivity index (χ1) is 8.41. The fraction of sp³-hybridized carbons (Fsp3) is 0.357. The molecule has 1 atom stereocenters. The average Bonchev–Trinajstić information content (AvgIpc) is 2.65. The summed E-state index contributed by atoms with van der Waals surface area (Å²) in [7, 11) is 0. The number of carboxylic acid groups (broad SMARTS) is 1. The Balaban J connectivity index is 2.72. The molecule has 1 N–H and O–H groups in total. The van der Waals surface area contributed by atoms with Crippen molar-refractivity contribution in [1.29, 1.82) is 0 Å². The number of hydrogen-bond donors (Lipinski definition) is 1. The zero-order valence-electron chi connectivity index (χ0n) is 10.6. The minimum absolute atomic E-state index is 0.209. The number of rotatable bonds is 3. The molecule has 2 rings (SSSR count). The van der Waals surface area contributed by atoms with Gasteiger partial charge in [-0.15, -0.1) is 0 Å². The molecule has 1 aromatic carbocycles. The molecular weight excluding hydrogens is 250 g/mol. The van der Waals surface area contributed by atoms with Crippen LogP contribution in [0.4, 0.5) is 0 Å². The second-order valence-electron chi connectivity index (χ2n) is 4.80. The Morgan fingerprint density at radius 2 is 1.94 bits per heavy atom. The van der Waals surface area contributed by atoms with Gasteiger partial charge < -0.3 is 9.67 Å². The summed E-state index contributed by atoms with van der Waals surface area (Å²) in [4.78, 5) is 11.2. The zero-order valence-corrected chi connectivity index (χ0v) is 11.4. The highest BCUT2D eigenvalue weighted by molar-refractivity contribution is 6.31. The normalized spacial score (nSPS) is 13.2. The van der Waals surface area contributed by atoms with Crippen molar-refractivity contribution in [1.82, 2.24) is 4.57 Å². The number of hydrogen-bond acceptors (Lipinski definition) is 1. The van der Waals surface area contributed by atoms with E-state index in [-0.39, 0.29) is 6.04 Å². The molecule has 0 aliphatic rings. The molecule has 0 radical (unpaired) electrons. The minimum Gasteiger partial charge on any atom is -0.481 e. The highest BCUT2D eigenvalue weighted by atomic mass is 35.5. The van der Waals surface area contributed by atoms with Crippen molar-refractivity contribution in [3.05, 3.63) is 35.0 Å². The van der Waals surface area contributed by atoms with Crippen molar-refractivity contribution >= 4 is 28.5 Å². The Hall–Kier alpha value is -1.48. The van der Waals surface area contributed by atoms with Crippen molar-refractivity contribution in [3.63, 3.8) is 0 Å². The summed E-state index contributed by atoms with van der Waals surface area (Å²) < 4.78 is 2.06. The lowest BCUT2D eigenvalue weighted by Crippen LogP contribution is -2.14. The van der Waals surface area contributed by atoms with Crippen LogP contribution in [0.25, 0.3) is 10.9 Å². The third-order valence-electron chi connectivity index (χ3n) is 3.16. The Kier molecular flexibility index (Phi) is 3.35. The molecule has 0 fully saturated rings. The van der Waals surface area contributed by atoms with Gasteiger partial charge in [0, 0.05) is 27.7 Å². The fourth-order valence-corrected chi connectivity index (χ4v) is 2.45. The summed E-state index contributed by atoms with van der Waals surface area (Å²) >= 11 is 5.98. The van der Waals surface area contributed by atoms with Gasteiger partial charge in [-0.2, -0.15) is 0 Å². The van der Waals surface area contributed by atoms with Gasteiger partial charge >= 0.3 is 5.97 Å². The van der Waals surface area contributed by atoms with Crippen molar-refractivity contribution in [2.24, 2.45) is 0 Å². The van der Waals surface area contributed by atoms with Gasteiger partial charge in [-0.1, -0.05) is 11.6 Å². The zero-order chi connectivity index (χ0) is 13.4. The second kappa shape index (κ2) is 4.65. The lowest BCUT2D eigenvalue weighted by molar-refractivity contribution is -0.138. The molecule has 0 aliphatic heterocycles. The lowest BCUT2D eigenvalue weighted by Gasteiger charge is -2.17. The van der Waals surface area contributed by atoms with E-state index in [1.54, 1.807) is 6.92 Å². The summed E-state index contributed by atoms with van der Waals surface area (Å²) in [5.74, 6) is -1.34. The molecule has 3 nitrogen and oxygen atoms in total. The van der Waals surface area contributed by atoms with Crippen LogP contribution in [-0.4, -0.2) is 15.6 Å². The highest BCUT2D eigenvalue weighted by Gasteiger charge is 2.21. The van der Waals surface area contributed by atoms with E-state index in [0.29, 0.717) is 5.02 Å². The molecular formula is C14H16ClNO2. The third kappa shape index (κ3) is 2.10. The van der Waals surface area contributed by atoms with Gasteiger partial charge in [0.2, 0.25) is 0 Å². The van der Waals surface area contributed by atoms with Crippen LogP contribution in [0.2, 0.25) is 5.02 Å². The summed E-state index contributed by atoms with van der Waals surface area (Å²) in [6.45, 7) is 5.80. The minimum atomic E-state index is -0.814. The third-order valence-corrected chi connectivity index (χ3v) is 3.40. The predicted molar refractivity (Wildman–Crippen MR) is 73.4 cm³/mol. The number of carbonyl (C=O) groups is 1. The monoisotopic (exact) mass is 265 g/mol. The van der Waals surface area contributed by atoms with E-state index in [4.69, 9.17) is 11.6 Å². The Morgan fingerprint density at radius 1 is 1.28 bits per heavy atom. The predicted octanol–water partition coefficient (Wildman–Crippen LogP) is 4.06. The van der Waals surface area contributed by atoms with Crippen LogP contribution in [0.3, 0.4) is 0 Å². The SMILES string of the molecule is CC(C(=O)O)c1cc2cc(Cl)ccc2n1C(C)C. The molecule has 0 bridgehead atoms. The Labute approximate surface area is 111 Å². The second-order valence-corrected chi connectivity index (χ2v) is 5.23. The van der Waals surface area contributed by atoms with Crippen molar-refractivity contribution < 1.29 is 9.90 Å². The van der Waals surface area contributed by atoms with Crippen LogP contribution in [0.1, 0.15) is 38.4 Å². The van der Waals surface area contributed by atoms with Gasteiger partial charge in [0.15, 0.2) is 0 Å². The van der Waals surface area contributed by atoms with Crippen molar-refractivity contribution in [2.75, 3.05) is 0 Å². The highest BCUT2D eigenvalue weighted by Crippen LogP contribution is 2.30. The number of benzene rings is 1. The number of carboxylic acids is 1. The maximum atomic E-state index is 11.2. The topological polar surface area (TPSA) is 42.2 Å². The number of nitrogens with zero attached hydrogens (tertiary/aromatic N) is 1. The Morgan fingerprint density at radius 3 is 2.50 bits per heavy atom. The fourth-order valence-electron chi connectivity index (χ4n) is 2.26. The summed E-state index contributed by atoms with van der Waals surface area (Å²) in [6.07, 6.45) is 0. The molecule has 0 aliphatic carbocycles. The number of fused-ring (bicyclic) bond motifs is 1. The largest absolute Gasteiger partial charge is 0.481 e. The Bertz CT molecular complexity index is 601. The molecule has 1 aromatic heterocycles. The molecule has 18 heavy (non-hydrogen) atoms. The summed E-state index contributed by atoms with van der Waals surface area (Å²) in [5, 5.41) is 10.8. The molecule has 2 aromatic rings. The van der Waals surface area contributed by atoms with E-state index in [1.165, 1.54) is 0 Å². The van der Waals surface area contributed by atoms with Crippen molar-refractivity contribution in [2.45, 2.75) is 32.7 Å². The van der Waals surface area contributed by atoms with E-state index in [0.717, 1.165) is 16.6 Å². The van der Waals surface area contributed by atoms with E-state index in [9.17, 15) is 9.90 Å². The first-order valence-electron chi connectivity index (χ1n) is 5.95. The average molecular weight is 266 g/mol. The number of halogens is 1. The standard InChI is InChI=1S/C14H16ClNO2/c1-8(2)16-12-5-4-11(15)6-10(12)7-13(16)9(3)14(17)18/h4-9H,1-3H3,(H,17,18). The lowest BCUT2D eigenvalue weighted by atomic mass is 10.1.